The van der Waals surface area contributed by atoms with Gasteiger partial charge in [-0.15, -0.1) is 0 Å². The zero-order valence-electron chi connectivity index (χ0n) is 17.4. The van der Waals surface area contributed by atoms with Crippen molar-refractivity contribution < 1.29 is 62.2 Å². The first kappa shape index (κ1) is 27.3. The summed E-state index contributed by atoms with van der Waals surface area (Å²) in [7, 11) is -10.8. The van der Waals surface area contributed by atoms with Crippen molar-refractivity contribution >= 4 is 15.6 Å². The van der Waals surface area contributed by atoms with Crippen molar-refractivity contribution in [2.75, 3.05) is 6.61 Å². The molecule has 3 heterocycles. The van der Waals surface area contributed by atoms with Crippen LogP contribution in [0.25, 0.3) is 0 Å². The molecule has 0 radical (unpaired) electrons. The van der Waals surface area contributed by atoms with E-state index in [9.17, 15) is 48.9 Å². The number of aliphatic hydroxyl groups excluding tert-OH is 4. The first-order valence-electron chi connectivity index (χ1n) is 9.73. The van der Waals surface area contributed by atoms with Gasteiger partial charge in [0.2, 0.25) is 0 Å². The van der Waals surface area contributed by atoms with Crippen LogP contribution in [0.2, 0.25) is 0 Å². The van der Waals surface area contributed by atoms with E-state index in [4.69, 9.17) is 9.47 Å². The Kier molecular flexibility index (Phi) is 8.32. The molecule has 0 aromatic carbocycles. The number of H-pyrrole nitrogens is 1. The van der Waals surface area contributed by atoms with Gasteiger partial charge in [-0.05, 0) is 6.92 Å². The molecule has 34 heavy (non-hydrogen) atoms. The molecule has 0 bridgehead atoms. The lowest BCUT2D eigenvalue weighted by Crippen LogP contribution is -2.57. The quantitative estimate of drug-likeness (QED) is 0.167. The van der Waals surface area contributed by atoms with Gasteiger partial charge in [-0.1, -0.05) is 0 Å². The monoisotopic (exact) mass is 534 g/mol. The van der Waals surface area contributed by atoms with Crippen molar-refractivity contribution in [1.29, 1.82) is 0 Å². The number of rotatable bonds is 8. The Morgan fingerprint density at radius 1 is 1.09 bits per heavy atom. The second kappa shape index (κ2) is 10.4. The van der Waals surface area contributed by atoms with Crippen molar-refractivity contribution in [3.63, 3.8) is 0 Å². The number of nitrogens with one attached hydrogen (secondary N) is 1. The van der Waals surface area contributed by atoms with E-state index in [0.717, 1.165) is 16.8 Å². The van der Waals surface area contributed by atoms with Crippen LogP contribution in [-0.4, -0.2) is 89.3 Å². The Hall–Kier alpha value is -1.30. The minimum Gasteiger partial charge on any atom is -0.390 e. The summed E-state index contributed by atoms with van der Waals surface area (Å²) in [5, 5.41) is 39.2. The van der Waals surface area contributed by atoms with E-state index in [1.54, 1.807) is 0 Å². The molecule has 2 saturated heterocycles. The molecule has 0 spiro atoms. The van der Waals surface area contributed by atoms with Gasteiger partial charge in [0, 0.05) is 18.7 Å². The molecular formula is C15H24N2O15P2. The van der Waals surface area contributed by atoms with Crippen molar-refractivity contribution in [2.24, 2.45) is 0 Å². The molecule has 17 nitrogen and oxygen atoms in total. The second-order valence-corrected chi connectivity index (χ2v) is 10.5. The maximum atomic E-state index is 12.1. The van der Waals surface area contributed by atoms with Crippen molar-refractivity contribution in [3.05, 3.63) is 33.1 Å². The number of phosphoric acid groups is 2. The molecular weight excluding hydrogens is 510 g/mol. The van der Waals surface area contributed by atoms with E-state index >= 15 is 0 Å². The van der Waals surface area contributed by atoms with Gasteiger partial charge in [-0.3, -0.25) is 23.4 Å². The van der Waals surface area contributed by atoms with E-state index in [1.807, 2.05) is 4.98 Å². The van der Waals surface area contributed by atoms with Gasteiger partial charge in [-0.2, -0.15) is 4.31 Å². The smallest absolute Gasteiger partial charge is 0.390 e. The maximum Gasteiger partial charge on any atom is 0.483 e. The third-order valence-corrected chi connectivity index (χ3v) is 7.62. The van der Waals surface area contributed by atoms with Gasteiger partial charge < -0.3 is 39.7 Å². The van der Waals surface area contributed by atoms with Gasteiger partial charge in [-0.25, -0.2) is 13.9 Å². The Balaban J connectivity index is 1.57. The summed E-state index contributed by atoms with van der Waals surface area (Å²) < 4.78 is 48.7. The molecule has 7 N–H and O–H groups in total. The molecule has 3 rings (SSSR count). The summed E-state index contributed by atoms with van der Waals surface area (Å²) >= 11 is 0. The van der Waals surface area contributed by atoms with Gasteiger partial charge in [0.15, 0.2) is 6.29 Å². The van der Waals surface area contributed by atoms with Crippen molar-refractivity contribution in [1.82, 2.24) is 9.55 Å². The van der Waals surface area contributed by atoms with Gasteiger partial charge in [0.05, 0.1) is 18.8 Å². The maximum absolute atomic E-state index is 12.1. The zero-order chi connectivity index (χ0) is 25.4. The Labute approximate surface area is 190 Å². The highest BCUT2D eigenvalue weighted by molar-refractivity contribution is 7.61. The number of hydrogen-bond acceptors (Lipinski definition) is 13. The molecule has 1 aromatic rings. The van der Waals surface area contributed by atoms with Crippen LogP contribution in [0, 0.1) is 0 Å². The molecule has 2 fully saturated rings. The second-order valence-electron chi connectivity index (χ2n) is 7.55. The normalized spacial score (nSPS) is 37.7. The molecule has 0 amide bonds. The summed E-state index contributed by atoms with van der Waals surface area (Å²) in [5.74, 6) is 0. The largest absolute Gasteiger partial charge is 0.483 e. The molecule has 0 aliphatic carbocycles. The van der Waals surface area contributed by atoms with Crippen LogP contribution in [0.3, 0.4) is 0 Å². The summed E-state index contributed by atoms with van der Waals surface area (Å²) in [4.78, 5) is 44.5. The highest BCUT2D eigenvalue weighted by atomic mass is 31.3. The number of aromatic amines is 1. The first-order valence-corrected chi connectivity index (χ1v) is 12.7. The lowest BCUT2D eigenvalue weighted by Gasteiger charge is -2.38. The fourth-order valence-corrected chi connectivity index (χ4v) is 5.42. The molecule has 2 aliphatic heterocycles. The van der Waals surface area contributed by atoms with E-state index < -0.39 is 82.6 Å². The molecule has 19 heteroatoms. The van der Waals surface area contributed by atoms with E-state index in [1.165, 1.54) is 6.92 Å². The number of aliphatic hydroxyl groups is 4. The van der Waals surface area contributed by atoms with Crippen LogP contribution in [0.5, 0.6) is 0 Å². The highest BCUT2D eigenvalue weighted by Crippen LogP contribution is 2.61. The fraction of sp³-hybridized carbons (Fsp3) is 0.733. The van der Waals surface area contributed by atoms with Gasteiger partial charge in [0.25, 0.3) is 5.56 Å². The number of phosphoric ester groups is 2. The highest BCUT2D eigenvalue weighted by Gasteiger charge is 2.47. The number of nitrogens with zero attached hydrogens (tertiary/aromatic N) is 1. The third kappa shape index (κ3) is 6.47. The van der Waals surface area contributed by atoms with Crippen LogP contribution in [0.1, 0.15) is 19.6 Å². The third-order valence-electron chi connectivity index (χ3n) is 5.02. The first-order chi connectivity index (χ1) is 15.7. The summed E-state index contributed by atoms with van der Waals surface area (Å²) in [5.41, 5.74) is -1.47. The van der Waals surface area contributed by atoms with E-state index in [-0.39, 0.29) is 6.42 Å². The van der Waals surface area contributed by atoms with Crippen LogP contribution in [0.15, 0.2) is 21.9 Å². The molecule has 0 saturated carbocycles. The average molecular weight is 534 g/mol. The van der Waals surface area contributed by atoms with E-state index in [2.05, 4.69) is 13.4 Å². The lowest BCUT2D eigenvalue weighted by molar-refractivity contribution is -0.271. The molecule has 2 aliphatic rings. The van der Waals surface area contributed by atoms with Gasteiger partial charge >= 0.3 is 21.3 Å². The molecule has 8 unspecified atom stereocenters. The lowest BCUT2D eigenvalue weighted by atomic mass is 10.0. The van der Waals surface area contributed by atoms with Crippen molar-refractivity contribution in [2.45, 2.75) is 62.5 Å². The topological polar surface area (TPSA) is 257 Å². The molecule has 194 valence electrons. The average Bonchev–Trinajstić information content (AvgIpc) is 3.08. The fourth-order valence-electron chi connectivity index (χ4n) is 3.26. The van der Waals surface area contributed by atoms with Crippen LogP contribution >= 0.6 is 15.6 Å². The Morgan fingerprint density at radius 2 is 1.76 bits per heavy atom. The number of ether oxygens (including phenoxy) is 2. The molecule has 10 atom stereocenters. The predicted octanol–water partition coefficient (Wildman–Crippen LogP) is -2.74. The molecule has 1 aromatic heterocycles. The predicted molar refractivity (Wildman–Crippen MR) is 106 cm³/mol. The Bertz CT molecular complexity index is 1080. The summed E-state index contributed by atoms with van der Waals surface area (Å²) in [6, 6.07) is 1.04. The number of aromatic nitrogens is 2. The van der Waals surface area contributed by atoms with Crippen LogP contribution in [-0.2, 0) is 32.0 Å². The minimum atomic E-state index is -5.44. The SMILES string of the molecule is CC1OC(OP(=O)(O)OP(=O)(O)OC[C@H]2OC(n3ccc(=O)[nH]c3=O)C[C@@H]2O)C(O)C(O)C1O. The van der Waals surface area contributed by atoms with Crippen LogP contribution < -0.4 is 11.2 Å². The summed E-state index contributed by atoms with van der Waals surface area (Å²) in [6.45, 7) is 0.439. The van der Waals surface area contributed by atoms with E-state index in [0.29, 0.717) is 0 Å². The van der Waals surface area contributed by atoms with Gasteiger partial charge in [0.1, 0.15) is 30.6 Å². The zero-order valence-corrected chi connectivity index (χ0v) is 19.2. The van der Waals surface area contributed by atoms with Crippen LogP contribution in [0.4, 0.5) is 0 Å². The standard InChI is InChI=1S/C15H24N2O15P2/c1-6-11(20)12(21)13(22)14(29-6)31-34(26,27)32-33(24,25)28-5-8-7(18)4-10(30-8)17-3-2-9(19)16-15(17)23/h2-3,6-8,10-14,18,20-22H,4-5H2,1H3,(H,24,25)(H,26,27)(H,16,19,23)/t6?,7-,8+,10?,11?,12?,13?,14?/m0/s1. The number of hydrogen-bond donors (Lipinski definition) is 7. The summed E-state index contributed by atoms with van der Waals surface area (Å²) in [6.07, 6.45) is -11.1. The van der Waals surface area contributed by atoms with Crippen molar-refractivity contribution in [3.8, 4) is 0 Å². The Morgan fingerprint density at radius 3 is 2.41 bits per heavy atom. The minimum absolute atomic E-state index is 0.151.